The third-order valence-electron chi connectivity index (χ3n) is 2.91. The number of thiazole rings is 1. The summed E-state index contributed by atoms with van der Waals surface area (Å²) in [5.74, 6) is 0.856. The zero-order valence-corrected chi connectivity index (χ0v) is 13.4. The highest BCUT2D eigenvalue weighted by Gasteiger charge is 2.05. The van der Waals surface area contributed by atoms with Crippen LogP contribution in [0.15, 0.2) is 40.4 Å². The fourth-order valence-electron chi connectivity index (χ4n) is 1.97. The van der Waals surface area contributed by atoms with Gasteiger partial charge in [0.2, 0.25) is 0 Å². The van der Waals surface area contributed by atoms with Crippen LogP contribution in [-0.2, 0) is 13.2 Å². The average Bonchev–Trinajstić information content (AvgIpc) is 3.01. The van der Waals surface area contributed by atoms with Gasteiger partial charge in [0.25, 0.3) is 0 Å². The third-order valence-corrected chi connectivity index (χ3v) is 4.46. The van der Waals surface area contributed by atoms with Crippen LogP contribution < -0.4 is 10.1 Å². The van der Waals surface area contributed by atoms with E-state index in [1.54, 1.807) is 11.3 Å². The van der Waals surface area contributed by atoms with Crippen LogP contribution in [0.3, 0.4) is 0 Å². The summed E-state index contributed by atoms with van der Waals surface area (Å²) in [6.45, 7) is 1.28. The summed E-state index contributed by atoms with van der Waals surface area (Å²) in [5, 5.41) is 5.16. The quantitative estimate of drug-likeness (QED) is 0.764. The van der Waals surface area contributed by atoms with Crippen molar-refractivity contribution in [3.8, 4) is 5.75 Å². The van der Waals surface area contributed by atoms with E-state index in [1.165, 1.54) is 5.56 Å². The third kappa shape index (κ3) is 2.87. The Morgan fingerprint density at radius 2 is 2.35 bits per heavy atom. The van der Waals surface area contributed by atoms with E-state index in [1.807, 2.05) is 47.4 Å². The van der Waals surface area contributed by atoms with Gasteiger partial charge in [-0.15, -0.1) is 11.3 Å². The molecule has 20 heavy (non-hydrogen) atoms. The molecule has 0 aliphatic rings. The Morgan fingerprint density at radius 3 is 3.15 bits per heavy atom. The molecule has 2 heterocycles. The number of hydrogen-bond acceptors (Lipinski definition) is 4. The number of fused-ring (bicyclic) bond motifs is 1. The molecule has 0 amide bonds. The second kappa shape index (κ2) is 5.95. The molecule has 3 aromatic rings. The summed E-state index contributed by atoms with van der Waals surface area (Å²) in [5.41, 5.74) is 2.12. The first-order valence-corrected chi connectivity index (χ1v) is 7.90. The van der Waals surface area contributed by atoms with Crippen LogP contribution in [0.5, 0.6) is 5.75 Å². The molecule has 0 saturated heterocycles. The van der Waals surface area contributed by atoms with Crippen LogP contribution in [0.1, 0.15) is 11.3 Å². The van der Waals surface area contributed by atoms with Gasteiger partial charge >= 0.3 is 0 Å². The summed E-state index contributed by atoms with van der Waals surface area (Å²) in [4.78, 5) is 5.49. The molecule has 0 atom stereocenters. The maximum Gasteiger partial charge on any atom is 0.193 e. The first-order valence-electron chi connectivity index (χ1n) is 6.23. The van der Waals surface area contributed by atoms with Crippen LogP contribution in [0, 0.1) is 0 Å². The van der Waals surface area contributed by atoms with Crippen molar-refractivity contribution in [2.45, 2.75) is 13.2 Å². The number of imidazole rings is 1. The topological polar surface area (TPSA) is 38.6 Å². The SMILES string of the molecule is CNCc1cc(OCc2cn3ccsc3n2)ccc1Br. The Labute approximate surface area is 129 Å². The Bertz CT molecular complexity index is 694. The number of hydrogen-bond donors (Lipinski definition) is 1. The largest absolute Gasteiger partial charge is 0.487 e. The Morgan fingerprint density at radius 1 is 1.45 bits per heavy atom. The van der Waals surface area contributed by atoms with Gasteiger partial charge in [-0.1, -0.05) is 15.9 Å². The van der Waals surface area contributed by atoms with E-state index < -0.39 is 0 Å². The molecule has 0 spiro atoms. The first-order chi connectivity index (χ1) is 9.76. The van der Waals surface area contributed by atoms with Crippen molar-refractivity contribution in [2.75, 3.05) is 7.05 Å². The van der Waals surface area contributed by atoms with Gasteiger partial charge < -0.3 is 10.1 Å². The zero-order valence-electron chi connectivity index (χ0n) is 11.0. The molecule has 104 valence electrons. The monoisotopic (exact) mass is 351 g/mol. The summed E-state index contributed by atoms with van der Waals surface area (Å²) >= 11 is 5.16. The van der Waals surface area contributed by atoms with Crippen LogP contribution in [0.4, 0.5) is 0 Å². The molecular weight excluding hydrogens is 338 g/mol. The average molecular weight is 352 g/mol. The van der Waals surface area contributed by atoms with E-state index in [0.29, 0.717) is 6.61 Å². The number of halogens is 1. The van der Waals surface area contributed by atoms with Crippen LogP contribution >= 0.6 is 27.3 Å². The normalized spacial score (nSPS) is 11.1. The van der Waals surface area contributed by atoms with Crippen molar-refractivity contribution in [1.82, 2.24) is 14.7 Å². The van der Waals surface area contributed by atoms with E-state index in [-0.39, 0.29) is 0 Å². The van der Waals surface area contributed by atoms with E-state index in [2.05, 4.69) is 26.2 Å². The van der Waals surface area contributed by atoms with E-state index in [0.717, 1.165) is 27.4 Å². The molecule has 0 radical (unpaired) electrons. The molecule has 6 heteroatoms. The molecule has 4 nitrogen and oxygen atoms in total. The van der Waals surface area contributed by atoms with Gasteiger partial charge in [0.1, 0.15) is 12.4 Å². The minimum atomic E-state index is 0.481. The van der Waals surface area contributed by atoms with Gasteiger partial charge in [-0.3, -0.25) is 4.40 Å². The fourth-order valence-corrected chi connectivity index (χ4v) is 3.08. The van der Waals surface area contributed by atoms with Gasteiger partial charge in [0.15, 0.2) is 4.96 Å². The predicted octanol–water partition coefficient (Wildman–Crippen LogP) is 3.46. The molecular formula is C14H14BrN3OS. The fraction of sp³-hybridized carbons (Fsp3) is 0.214. The number of rotatable bonds is 5. The maximum absolute atomic E-state index is 5.81. The number of benzene rings is 1. The van der Waals surface area contributed by atoms with E-state index >= 15 is 0 Å². The molecule has 0 unspecified atom stereocenters. The highest BCUT2D eigenvalue weighted by Crippen LogP contribution is 2.23. The second-order valence-electron chi connectivity index (χ2n) is 4.40. The zero-order chi connectivity index (χ0) is 13.9. The molecule has 3 rings (SSSR count). The van der Waals surface area contributed by atoms with Crippen LogP contribution in [0.25, 0.3) is 4.96 Å². The van der Waals surface area contributed by atoms with E-state index in [9.17, 15) is 0 Å². The summed E-state index contributed by atoms with van der Waals surface area (Å²) < 4.78 is 8.91. The van der Waals surface area contributed by atoms with Gasteiger partial charge in [0, 0.05) is 28.8 Å². The number of nitrogens with one attached hydrogen (secondary N) is 1. The minimum absolute atomic E-state index is 0.481. The van der Waals surface area contributed by atoms with E-state index in [4.69, 9.17) is 4.74 Å². The lowest BCUT2D eigenvalue weighted by atomic mass is 10.2. The second-order valence-corrected chi connectivity index (χ2v) is 6.12. The van der Waals surface area contributed by atoms with Gasteiger partial charge in [-0.2, -0.15) is 0 Å². The highest BCUT2D eigenvalue weighted by atomic mass is 79.9. The van der Waals surface area contributed by atoms with Gasteiger partial charge in [0.05, 0.1) is 5.69 Å². The Hall–Kier alpha value is -1.37. The lowest BCUT2D eigenvalue weighted by molar-refractivity contribution is 0.301. The number of nitrogens with zero attached hydrogens (tertiary/aromatic N) is 2. The molecule has 0 saturated carbocycles. The molecule has 2 aromatic heterocycles. The van der Waals surface area contributed by atoms with Gasteiger partial charge in [-0.25, -0.2) is 4.98 Å². The smallest absolute Gasteiger partial charge is 0.193 e. The van der Waals surface area contributed by atoms with Gasteiger partial charge in [-0.05, 0) is 30.8 Å². The number of ether oxygens (including phenoxy) is 1. The molecule has 1 N–H and O–H groups in total. The van der Waals surface area contributed by atoms with Crippen molar-refractivity contribution in [2.24, 2.45) is 0 Å². The summed E-state index contributed by atoms with van der Waals surface area (Å²) in [6.07, 6.45) is 4.00. The predicted molar refractivity (Wildman–Crippen MR) is 84.3 cm³/mol. The maximum atomic E-state index is 5.81. The van der Waals surface area contributed by atoms with Crippen LogP contribution in [0.2, 0.25) is 0 Å². The standard InChI is InChI=1S/C14H14BrN3OS/c1-16-7-10-6-12(2-3-13(10)15)19-9-11-8-18-4-5-20-14(18)17-11/h2-6,8,16H,7,9H2,1H3. The summed E-state index contributed by atoms with van der Waals surface area (Å²) in [6, 6.07) is 6.01. The molecule has 0 fully saturated rings. The molecule has 0 aliphatic heterocycles. The first kappa shape index (κ1) is 13.6. The number of aromatic nitrogens is 2. The van der Waals surface area contributed by atoms with Crippen molar-refractivity contribution in [3.63, 3.8) is 0 Å². The van der Waals surface area contributed by atoms with Crippen molar-refractivity contribution < 1.29 is 4.74 Å². The lowest BCUT2D eigenvalue weighted by Crippen LogP contribution is -2.06. The lowest BCUT2D eigenvalue weighted by Gasteiger charge is -2.08. The Kier molecular flexibility index (Phi) is 4.05. The Balaban J connectivity index is 1.71. The summed E-state index contributed by atoms with van der Waals surface area (Å²) in [7, 11) is 1.93. The van der Waals surface area contributed by atoms with Crippen LogP contribution in [-0.4, -0.2) is 16.4 Å². The van der Waals surface area contributed by atoms with Crippen molar-refractivity contribution >= 4 is 32.2 Å². The van der Waals surface area contributed by atoms with Crippen molar-refractivity contribution in [1.29, 1.82) is 0 Å². The minimum Gasteiger partial charge on any atom is -0.487 e. The molecule has 0 aliphatic carbocycles. The molecule has 1 aromatic carbocycles. The highest BCUT2D eigenvalue weighted by molar-refractivity contribution is 9.10. The molecule has 0 bridgehead atoms. The van der Waals surface area contributed by atoms with Crippen molar-refractivity contribution in [3.05, 3.63) is 51.7 Å².